The summed E-state index contributed by atoms with van der Waals surface area (Å²) in [6.45, 7) is 3.75. The minimum Gasteiger partial charge on any atom is -0.447 e. The maximum atomic E-state index is 13.5. The third-order valence-corrected chi connectivity index (χ3v) is 7.54. The van der Waals surface area contributed by atoms with Gasteiger partial charge in [-0.1, -0.05) is 0 Å². The van der Waals surface area contributed by atoms with E-state index < -0.39 is 6.09 Å². The lowest BCUT2D eigenvalue weighted by molar-refractivity contribution is 0.0687. The molecule has 2 aliphatic rings. The van der Waals surface area contributed by atoms with Crippen LogP contribution in [0.5, 0.6) is 0 Å². The summed E-state index contributed by atoms with van der Waals surface area (Å²) in [5.41, 5.74) is 1.16. The Labute approximate surface area is 213 Å². The second kappa shape index (κ2) is 10.8. The van der Waals surface area contributed by atoms with E-state index in [0.717, 1.165) is 10.4 Å². The average Bonchev–Trinajstić information content (AvgIpc) is 3.50. The van der Waals surface area contributed by atoms with E-state index in [1.807, 2.05) is 11.6 Å². The molecule has 0 radical (unpaired) electrons. The summed E-state index contributed by atoms with van der Waals surface area (Å²) in [5.74, 6) is 1.63. The van der Waals surface area contributed by atoms with Crippen molar-refractivity contribution in [3.05, 3.63) is 29.5 Å². The highest BCUT2D eigenvalue weighted by molar-refractivity contribution is 7.16. The number of nitrogens with zero attached hydrogens (tertiary/aromatic N) is 5. The van der Waals surface area contributed by atoms with Gasteiger partial charge in [0.15, 0.2) is 5.82 Å². The minimum absolute atomic E-state index is 0.0406. The van der Waals surface area contributed by atoms with Crippen LogP contribution in [0.25, 0.3) is 16.2 Å². The van der Waals surface area contributed by atoms with Gasteiger partial charge in [0.05, 0.1) is 18.4 Å². The summed E-state index contributed by atoms with van der Waals surface area (Å²) < 4.78 is 11.8. The lowest BCUT2D eigenvalue weighted by Gasteiger charge is -2.32. The number of likely N-dealkylation sites (tertiary alicyclic amines) is 1. The molecule has 11 nitrogen and oxygen atoms in total. The molecule has 2 N–H and O–H groups in total. The quantitative estimate of drug-likeness (QED) is 0.419. The molecule has 1 aliphatic heterocycles. The molecule has 1 aliphatic carbocycles. The normalized spacial score (nSPS) is 17.2. The van der Waals surface area contributed by atoms with E-state index in [1.165, 1.54) is 12.8 Å². The first-order chi connectivity index (χ1) is 17.5. The van der Waals surface area contributed by atoms with Gasteiger partial charge in [0, 0.05) is 49.9 Å². The maximum Gasteiger partial charge on any atom is 0.407 e. The van der Waals surface area contributed by atoms with Gasteiger partial charge in [-0.2, -0.15) is 5.10 Å². The SMILES string of the molecule is COCCOC(=O)NC1CCN(C(=O)c2cc(NC(C)C3CC3)nc(-c3cnn4ccsc34)n2)CC1. The number of piperidine rings is 1. The molecule has 36 heavy (non-hydrogen) atoms. The molecule has 0 aromatic carbocycles. The number of hydrogen-bond donors (Lipinski definition) is 2. The number of nitrogens with one attached hydrogen (secondary N) is 2. The van der Waals surface area contributed by atoms with Crippen molar-refractivity contribution in [2.24, 2.45) is 5.92 Å². The van der Waals surface area contributed by atoms with Crippen molar-refractivity contribution in [3.8, 4) is 11.4 Å². The van der Waals surface area contributed by atoms with Crippen LogP contribution in [0.4, 0.5) is 10.6 Å². The Hall–Kier alpha value is -3.25. The van der Waals surface area contributed by atoms with Gasteiger partial charge in [0.1, 0.15) is 22.9 Å². The molecule has 3 aromatic rings. The van der Waals surface area contributed by atoms with Crippen LogP contribution in [0.2, 0.25) is 0 Å². The average molecular weight is 514 g/mol. The zero-order valence-electron chi connectivity index (χ0n) is 20.5. The molecule has 0 spiro atoms. The highest BCUT2D eigenvalue weighted by atomic mass is 32.1. The summed E-state index contributed by atoms with van der Waals surface area (Å²) in [4.78, 5) is 37.5. The molecule has 1 saturated carbocycles. The van der Waals surface area contributed by atoms with Gasteiger partial charge in [0.2, 0.25) is 0 Å². The molecule has 0 bridgehead atoms. The van der Waals surface area contributed by atoms with Crippen LogP contribution in [0.15, 0.2) is 23.8 Å². The first-order valence-electron chi connectivity index (χ1n) is 12.3. The smallest absolute Gasteiger partial charge is 0.407 e. The van der Waals surface area contributed by atoms with Gasteiger partial charge in [0.25, 0.3) is 5.91 Å². The van der Waals surface area contributed by atoms with Crippen molar-refractivity contribution in [2.45, 2.75) is 44.7 Å². The van der Waals surface area contributed by atoms with Gasteiger partial charge in [-0.3, -0.25) is 4.79 Å². The highest BCUT2D eigenvalue weighted by Crippen LogP contribution is 2.34. The van der Waals surface area contributed by atoms with Crippen LogP contribution >= 0.6 is 11.3 Å². The monoisotopic (exact) mass is 513 g/mol. The van der Waals surface area contributed by atoms with Crippen LogP contribution in [-0.4, -0.2) is 82.0 Å². The second-order valence-electron chi connectivity index (χ2n) is 9.28. The topological polar surface area (TPSA) is 123 Å². The lowest BCUT2D eigenvalue weighted by Crippen LogP contribution is -2.47. The van der Waals surface area contributed by atoms with E-state index >= 15 is 0 Å². The number of thiazole rings is 1. The third-order valence-electron chi connectivity index (χ3n) is 6.65. The molecule has 192 valence electrons. The molecule has 2 amide bonds. The molecule has 4 heterocycles. The first kappa shape index (κ1) is 24.4. The predicted octanol–water partition coefficient (Wildman–Crippen LogP) is 3.04. The number of anilines is 1. The van der Waals surface area contributed by atoms with Crippen molar-refractivity contribution in [1.82, 2.24) is 29.8 Å². The Morgan fingerprint density at radius 2 is 2.00 bits per heavy atom. The van der Waals surface area contributed by atoms with E-state index in [-0.39, 0.29) is 24.6 Å². The number of carbonyl (C=O) groups excluding carboxylic acids is 2. The molecule has 2 fully saturated rings. The number of methoxy groups -OCH3 is 1. The maximum absolute atomic E-state index is 13.5. The number of carbonyl (C=O) groups is 2. The second-order valence-corrected chi connectivity index (χ2v) is 10.2. The number of fused-ring (bicyclic) bond motifs is 1. The Morgan fingerprint density at radius 3 is 2.75 bits per heavy atom. The number of hydrogen-bond acceptors (Lipinski definition) is 9. The fraction of sp³-hybridized carbons (Fsp3) is 0.542. The predicted molar refractivity (Wildman–Crippen MR) is 135 cm³/mol. The number of aromatic nitrogens is 4. The molecule has 3 aromatic heterocycles. The molecule has 1 saturated heterocycles. The van der Waals surface area contributed by atoms with Gasteiger partial charge >= 0.3 is 6.09 Å². The molecular formula is C24H31N7O4S. The van der Waals surface area contributed by atoms with E-state index in [2.05, 4.69) is 27.6 Å². The van der Waals surface area contributed by atoms with Crippen LogP contribution in [0.3, 0.4) is 0 Å². The van der Waals surface area contributed by atoms with Crippen molar-refractivity contribution >= 4 is 34.0 Å². The zero-order valence-corrected chi connectivity index (χ0v) is 21.3. The Bertz CT molecular complexity index is 1220. The summed E-state index contributed by atoms with van der Waals surface area (Å²) in [7, 11) is 1.56. The van der Waals surface area contributed by atoms with Crippen molar-refractivity contribution < 1.29 is 19.1 Å². The number of alkyl carbamates (subject to hydrolysis) is 1. The van der Waals surface area contributed by atoms with E-state index in [9.17, 15) is 9.59 Å². The van der Waals surface area contributed by atoms with E-state index in [1.54, 1.807) is 40.1 Å². The number of rotatable bonds is 9. The van der Waals surface area contributed by atoms with E-state index in [0.29, 0.717) is 55.8 Å². The van der Waals surface area contributed by atoms with Crippen molar-refractivity contribution in [3.63, 3.8) is 0 Å². The summed E-state index contributed by atoms with van der Waals surface area (Å²) in [6.07, 6.45) is 6.88. The molecular weight excluding hydrogens is 482 g/mol. The van der Waals surface area contributed by atoms with Crippen LogP contribution < -0.4 is 10.6 Å². The lowest BCUT2D eigenvalue weighted by atomic mass is 10.0. The Kier molecular flexibility index (Phi) is 7.33. The Balaban J connectivity index is 1.30. The fourth-order valence-electron chi connectivity index (χ4n) is 4.39. The summed E-state index contributed by atoms with van der Waals surface area (Å²) in [6, 6.07) is 1.98. The van der Waals surface area contributed by atoms with Gasteiger partial charge < -0.3 is 25.0 Å². The van der Waals surface area contributed by atoms with Crippen LogP contribution in [0.1, 0.15) is 43.1 Å². The first-order valence-corrected chi connectivity index (χ1v) is 13.2. The zero-order chi connectivity index (χ0) is 25.1. The third kappa shape index (κ3) is 5.59. The van der Waals surface area contributed by atoms with Crippen molar-refractivity contribution in [2.75, 3.05) is 38.7 Å². The van der Waals surface area contributed by atoms with Gasteiger partial charge in [-0.05, 0) is 38.5 Å². The molecule has 1 unspecified atom stereocenters. The number of amides is 2. The van der Waals surface area contributed by atoms with Crippen LogP contribution in [-0.2, 0) is 9.47 Å². The molecule has 12 heteroatoms. The summed E-state index contributed by atoms with van der Waals surface area (Å²) in [5, 5.41) is 12.7. The van der Waals surface area contributed by atoms with Crippen molar-refractivity contribution in [1.29, 1.82) is 0 Å². The Morgan fingerprint density at radius 1 is 1.19 bits per heavy atom. The molecule has 1 atom stereocenters. The number of ether oxygens (including phenoxy) is 2. The largest absolute Gasteiger partial charge is 0.447 e. The minimum atomic E-state index is -0.459. The van der Waals surface area contributed by atoms with Gasteiger partial charge in [-0.15, -0.1) is 11.3 Å². The highest BCUT2D eigenvalue weighted by Gasteiger charge is 2.30. The summed E-state index contributed by atoms with van der Waals surface area (Å²) >= 11 is 1.56. The standard InChI is InChI=1S/C24H31N7O4S/c1-15(16-3-4-16)26-20-13-19(28-21(29-20)18-14-25-31-9-12-36-23(18)31)22(32)30-7-5-17(6-8-30)27-24(33)35-11-10-34-2/h9,12-17H,3-8,10-11H2,1-2H3,(H,27,33)(H,26,28,29). The molecule has 5 rings (SSSR count). The van der Waals surface area contributed by atoms with Gasteiger partial charge in [-0.25, -0.2) is 19.3 Å². The van der Waals surface area contributed by atoms with Crippen LogP contribution in [0, 0.1) is 5.92 Å². The fourth-order valence-corrected chi connectivity index (χ4v) is 5.19. The van der Waals surface area contributed by atoms with E-state index in [4.69, 9.17) is 14.5 Å².